The van der Waals surface area contributed by atoms with Crippen LogP contribution >= 0.6 is 0 Å². The van der Waals surface area contributed by atoms with Crippen molar-refractivity contribution in [3.05, 3.63) is 0 Å². The Bertz CT molecular complexity index is 141. The normalized spacial score (nSPS) is 16.4. The molecule has 1 rings (SSSR count). The third kappa shape index (κ3) is 4.50. The van der Waals surface area contributed by atoms with E-state index in [1.54, 1.807) is 0 Å². The Hall–Kier alpha value is -0.370. The van der Waals surface area contributed by atoms with Crippen LogP contribution in [0, 0.1) is 0 Å². The van der Waals surface area contributed by atoms with Crippen LogP contribution in [-0.2, 0) is 4.79 Å². The number of Topliss-reactive ketones (excluding diaryl/α,β-unsaturated/α-hetero) is 1. The highest BCUT2D eigenvalue weighted by Gasteiger charge is 2.19. The second kappa shape index (κ2) is 5.31. The van der Waals surface area contributed by atoms with E-state index in [9.17, 15) is 4.79 Å². The monoisotopic (exact) mass is 169 g/mol. The minimum atomic E-state index is 0.421. The number of carbonyl (C=O) groups excluding carboxylic acids is 1. The van der Waals surface area contributed by atoms with Gasteiger partial charge in [0.1, 0.15) is 5.78 Å². The molecule has 2 nitrogen and oxygen atoms in total. The third-order valence-corrected chi connectivity index (χ3v) is 2.22. The Morgan fingerprint density at radius 2 is 2.17 bits per heavy atom. The first-order chi connectivity index (χ1) is 5.83. The topological polar surface area (TPSA) is 29.1 Å². The lowest BCUT2D eigenvalue weighted by atomic mass is 10.1. The Kier molecular flexibility index (Phi) is 4.30. The van der Waals surface area contributed by atoms with Crippen molar-refractivity contribution in [2.24, 2.45) is 0 Å². The van der Waals surface area contributed by atoms with E-state index < -0.39 is 0 Å². The molecule has 0 unspecified atom stereocenters. The Labute approximate surface area is 74.7 Å². The summed E-state index contributed by atoms with van der Waals surface area (Å²) >= 11 is 0. The number of unbranched alkanes of at least 4 members (excludes halogenated alkanes) is 1. The average Bonchev–Trinajstić information content (AvgIpc) is 2.84. The molecule has 0 atom stereocenters. The van der Waals surface area contributed by atoms with Crippen LogP contribution < -0.4 is 5.32 Å². The lowest BCUT2D eigenvalue weighted by Crippen LogP contribution is -2.20. The molecule has 1 aliphatic rings. The highest BCUT2D eigenvalue weighted by Crippen LogP contribution is 2.18. The van der Waals surface area contributed by atoms with Crippen LogP contribution in [0.25, 0.3) is 0 Å². The summed E-state index contributed by atoms with van der Waals surface area (Å²) in [5.41, 5.74) is 0. The predicted molar refractivity (Wildman–Crippen MR) is 50.2 cm³/mol. The smallest absolute Gasteiger partial charge is 0.134 e. The summed E-state index contributed by atoms with van der Waals surface area (Å²) in [4.78, 5) is 11.2. The Balaban J connectivity index is 1.86. The molecule has 2 heteroatoms. The highest BCUT2D eigenvalue weighted by atomic mass is 16.1. The second-order valence-electron chi connectivity index (χ2n) is 3.62. The molecule has 0 saturated heterocycles. The van der Waals surface area contributed by atoms with Gasteiger partial charge < -0.3 is 5.32 Å². The predicted octanol–water partition coefficient (Wildman–Crippen LogP) is 1.89. The molecule has 0 bridgehead atoms. The maximum Gasteiger partial charge on any atom is 0.134 e. The molecule has 0 heterocycles. The summed E-state index contributed by atoms with van der Waals surface area (Å²) < 4.78 is 0. The minimum absolute atomic E-state index is 0.421. The largest absolute Gasteiger partial charge is 0.314 e. The molecule has 0 radical (unpaired) electrons. The van der Waals surface area contributed by atoms with E-state index in [4.69, 9.17) is 0 Å². The van der Waals surface area contributed by atoms with E-state index in [0.29, 0.717) is 5.78 Å². The summed E-state index contributed by atoms with van der Waals surface area (Å²) in [6, 6.07) is 0.740. The standard InChI is InChI=1S/C10H19NO/c1-2-3-4-10(12)7-8-11-9-5-6-9/h9,11H,2-8H2,1H3. The third-order valence-electron chi connectivity index (χ3n) is 2.22. The van der Waals surface area contributed by atoms with Crippen LogP contribution in [0.2, 0.25) is 0 Å². The molecule has 0 aromatic carbocycles. The zero-order valence-electron chi connectivity index (χ0n) is 7.94. The summed E-state index contributed by atoms with van der Waals surface area (Å²) in [5.74, 6) is 0.421. The summed E-state index contributed by atoms with van der Waals surface area (Å²) in [6.45, 7) is 3.02. The number of hydrogen-bond acceptors (Lipinski definition) is 2. The number of ketones is 1. The van der Waals surface area contributed by atoms with Crippen molar-refractivity contribution < 1.29 is 4.79 Å². The summed E-state index contributed by atoms with van der Waals surface area (Å²) in [7, 11) is 0. The molecular formula is C10H19NO. The van der Waals surface area contributed by atoms with Crippen LogP contribution in [0.5, 0.6) is 0 Å². The molecular weight excluding hydrogens is 150 g/mol. The van der Waals surface area contributed by atoms with Crippen molar-refractivity contribution in [2.45, 2.75) is 51.5 Å². The minimum Gasteiger partial charge on any atom is -0.314 e. The van der Waals surface area contributed by atoms with Gasteiger partial charge in [0.05, 0.1) is 0 Å². The van der Waals surface area contributed by atoms with Crippen molar-refractivity contribution in [3.63, 3.8) is 0 Å². The number of nitrogens with one attached hydrogen (secondary N) is 1. The quantitative estimate of drug-likeness (QED) is 0.630. The molecule has 12 heavy (non-hydrogen) atoms. The first-order valence-electron chi connectivity index (χ1n) is 5.08. The van der Waals surface area contributed by atoms with Crippen molar-refractivity contribution in [2.75, 3.05) is 6.54 Å². The number of carbonyl (C=O) groups is 1. The molecule has 0 aromatic rings. The average molecular weight is 169 g/mol. The SMILES string of the molecule is CCCCC(=O)CCNC1CC1. The van der Waals surface area contributed by atoms with E-state index >= 15 is 0 Å². The van der Waals surface area contributed by atoms with Gasteiger partial charge in [-0.25, -0.2) is 0 Å². The second-order valence-corrected chi connectivity index (χ2v) is 3.62. The lowest BCUT2D eigenvalue weighted by molar-refractivity contribution is -0.119. The number of hydrogen-bond donors (Lipinski definition) is 1. The molecule has 1 aliphatic carbocycles. The maximum atomic E-state index is 11.2. The van der Waals surface area contributed by atoms with Gasteiger partial charge in [-0.2, -0.15) is 0 Å². The molecule has 0 amide bonds. The lowest BCUT2D eigenvalue weighted by Gasteiger charge is -2.01. The van der Waals surface area contributed by atoms with Crippen LogP contribution in [-0.4, -0.2) is 18.4 Å². The molecule has 1 N–H and O–H groups in total. The highest BCUT2D eigenvalue weighted by molar-refractivity contribution is 5.78. The van der Waals surface area contributed by atoms with Gasteiger partial charge in [0, 0.05) is 25.4 Å². The fourth-order valence-electron chi connectivity index (χ4n) is 1.20. The van der Waals surface area contributed by atoms with Gasteiger partial charge in [-0.05, 0) is 19.3 Å². The Morgan fingerprint density at radius 3 is 2.75 bits per heavy atom. The molecule has 0 aromatic heterocycles. The van der Waals surface area contributed by atoms with Crippen LogP contribution in [0.15, 0.2) is 0 Å². The zero-order chi connectivity index (χ0) is 8.81. The van der Waals surface area contributed by atoms with Gasteiger partial charge in [0.25, 0.3) is 0 Å². The van der Waals surface area contributed by atoms with E-state index in [-0.39, 0.29) is 0 Å². The van der Waals surface area contributed by atoms with E-state index in [0.717, 1.165) is 38.3 Å². The molecule has 1 saturated carbocycles. The number of rotatable bonds is 7. The van der Waals surface area contributed by atoms with E-state index in [1.807, 2.05) is 0 Å². The molecule has 1 fully saturated rings. The summed E-state index contributed by atoms with van der Waals surface area (Å²) in [6.07, 6.45) is 6.32. The van der Waals surface area contributed by atoms with Gasteiger partial charge in [-0.15, -0.1) is 0 Å². The molecule has 0 aliphatic heterocycles. The molecule has 0 spiro atoms. The van der Waals surface area contributed by atoms with Gasteiger partial charge in [0.15, 0.2) is 0 Å². The molecule has 70 valence electrons. The first kappa shape index (κ1) is 9.72. The van der Waals surface area contributed by atoms with Crippen molar-refractivity contribution in [3.8, 4) is 0 Å². The Morgan fingerprint density at radius 1 is 1.42 bits per heavy atom. The van der Waals surface area contributed by atoms with Crippen molar-refractivity contribution in [1.29, 1.82) is 0 Å². The van der Waals surface area contributed by atoms with Crippen LogP contribution in [0.3, 0.4) is 0 Å². The van der Waals surface area contributed by atoms with Gasteiger partial charge >= 0.3 is 0 Å². The van der Waals surface area contributed by atoms with Gasteiger partial charge in [-0.3, -0.25) is 4.79 Å². The van der Waals surface area contributed by atoms with E-state index in [1.165, 1.54) is 12.8 Å². The van der Waals surface area contributed by atoms with Crippen molar-refractivity contribution in [1.82, 2.24) is 5.32 Å². The van der Waals surface area contributed by atoms with Crippen molar-refractivity contribution >= 4 is 5.78 Å². The van der Waals surface area contributed by atoms with Crippen LogP contribution in [0.4, 0.5) is 0 Å². The zero-order valence-corrected chi connectivity index (χ0v) is 7.94. The van der Waals surface area contributed by atoms with E-state index in [2.05, 4.69) is 12.2 Å². The summed E-state index contributed by atoms with van der Waals surface area (Å²) in [5, 5.41) is 3.34. The fourth-order valence-corrected chi connectivity index (χ4v) is 1.20. The van der Waals surface area contributed by atoms with Gasteiger partial charge in [0.2, 0.25) is 0 Å². The van der Waals surface area contributed by atoms with Gasteiger partial charge in [-0.1, -0.05) is 13.3 Å². The maximum absolute atomic E-state index is 11.2. The first-order valence-corrected chi connectivity index (χ1v) is 5.08. The fraction of sp³-hybridized carbons (Fsp3) is 0.900. The van der Waals surface area contributed by atoms with Crippen LogP contribution in [0.1, 0.15) is 45.4 Å².